The Balaban J connectivity index is 1.28. The van der Waals surface area contributed by atoms with Crippen molar-refractivity contribution in [2.24, 2.45) is 0 Å². The standard InChI is InChI=1S/C46H31NO/c1-3-11-32(12-4-1)34-21-26-38(27-22-34)47(39-28-23-35(24-29-39)33-13-5-2-6-14-33)44-17-9-7-15-40(44)37-20-19-36-25-30-42-41-16-8-10-18-45(41)48-46(42)43(36)31-37/h1-31H/i21D,22D,26D,27D. The fraction of sp³-hybridized carbons (Fsp3) is 0. The Morgan fingerprint density at radius 2 is 1.02 bits per heavy atom. The van der Waals surface area contributed by atoms with E-state index in [9.17, 15) is 5.48 Å². The first-order valence-electron chi connectivity index (χ1n) is 18.0. The van der Waals surface area contributed by atoms with Gasteiger partial charge in [0, 0.05) is 33.1 Å². The molecule has 48 heavy (non-hydrogen) atoms. The number of para-hydroxylation sites is 2. The van der Waals surface area contributed by atoms with Crippen molar-refractivity contribution in [3.8, 4) is 33.4 Å². The van der Waals surface area contributed by atoms with E-state index < -0.39 is 0 Å². The van der Waals surface area contributed by atoms with E-state index in [1.165, 1.54) is 0 Å². The van der Waals surface area contributed by atoms with Gasteiger partial charge in [-0.3, -0.25) is 0 Å². The van der Waals surface area contributed by atoms with Crippen molar-refractivity contribution in [3.05, 3.63) is 188 Å². The lowest BCUT2D eigenvalue weighted by Gasteiger charge is -2.28. The van der Waals surface area contributed by atoms with Crippen LogP contribution in [-0.2, 0) is 0 Å². The van der Waals surface area contributed by atoms with Gasteiger partial charge in [-0.2, -0.15) is 0 Å². The van der Waals surface area contributed by atoms with E-state index in [2.05, 4.69) is 48.5 Å². The summed E-state index contributed by atoms with van der Waals surface area (Å²) in [4.78, 5) is 1.87. The predicted molar refractivity (Wildman–Crippen MR) is 202 cm³/mol. The first-order valence-corrected chi connectivity index (χ1v) is 16.0. The molecule has 0 atom stereocenters. The number of benzene rings is 8. The van der Waals surface area contributed by atoms with E-state index in [0.29, 0.717) is 11.3 Å². The molecular formula is C46H31NO. The molecule has 2 nitrogen and oxygen atoms in total. The zero-order valence-corrected chi connectivity index (χ0v) is 25.9. The molecule has 0 aliphatic heterocycles. The monoisotopic (exact) mass is 617 g/mol. The van der Waals surface area contributed by atoms with Crippen LogP contribution in [0.1, 0.15) is 5.48 Å². The molecule has 0 N–H and O–H groups in total. The minimum Gasteiger partial charge on any atom is -0.455 e. The third-order valence-corrected chi connectivity index (χ3v) is 8.95. The molecule has 1 aromatic heterocycles. The third-order valence-electron chi connectivity index (χ3n) is 8.95. The molecule has 8 aromatic carbocycles. The van der Waals surface area contributed by atoms with Crippen LogP contribution in [0.25, 0.3) is 66.1 Å². The number of furan rings is 1. The molecule has 0 unspecified atom stereocenters. The van der Waals surface area contributed by atoms with Gasteiger partial charge in [0.25, 0.3) is 0 Å². The molecular weight excluding hydrogens is 583 g/mol. The first-order chi connectivity index (χ1) is 25.5. The van der Waals surface area contributed by atoms with Crippen LogP contribution >= 0.6 is 0 Å². The molecule has 0 radical (unpaired) electrons. The smallest absolute Gasteiger partial charge is 0.143 e. The summed E-state index contributed by atoms with van der Waals surface area (Å²) in [7, 11) is 0. The van der Waals surface area contributed by atoms with Crippen LogP contribution in [0.4, 0.5) is 17.1 Å². The second-order valence-electron chi connectivity index (χ2n) is 11.8. The second kappa shape index (κ2) is 11.8. The molecule has 226 valence electrons. The summed E-state index contributed by atoms with van der Waals surface area (Å²) in [5.74, 6) is 0. The predicted octanol–water partition coefficient (Wildman–Crippen LogP) is 13.2. The van der Waals surface area contributed by atoms with Crippen LogP contribution in [0.3, 0.4) is 0 Å². The highest BCUT2D eigenvalue weighted by atomic mass is 16.3. The summed E-state index contributed by atoms with van der Waals surface area (Å²) < 4.78 is 43.6. The number of hydrogen-bond donors (Lipinski definition) is 0. The fourth-order valence-electron chi connectivity index (χ4n) is 6.57. The van der Waals surface area contributed by atoms with Gasteiger partial charge in [-0.15, -0.1) is 0 Å². The Morgan fingerprint density at radius 1 is 0.417 bits per heavy atom. The maximum Gasteiger partial charge on any atom is 0.143 e. The fourth-order valence-corrected chi connectivity index (χ4v) is 6.57. The lowest BCUT2D eigenvalue weighted by molar-refractivity contribution is 0.672. The Kier molecular flexibility index (Phi) is 5.85. The topological polar surface area (TPSA) is 16.4 Å². The normalized spacial score (nSPS) is 12.5. The van der Waals surface area contributed by atoms with E-state index in [4.69, 9.17) is 4.42 Å². The van der Waals surface area contributed by atoms with E-state index >= 15 is 0 Å². The minimum absolute atomic E-state index is 0.0939. The van der Waals surface area contributed by atoms with Crippen molar-refractivity contribution in [2.75, 3.05) is 4.90 Å². The number of fused-ring (bicyclic) bond motifs is 5. The van der Waals surface area contributed by atoms with Crippen molar-refractivity contribution < 1.29 is 9.90 Å². The second-order valence-corrected chi connectivity index (χ2v) is 11.8. The van der Waals surface area contributed by atoms with E-state index in [0.717, 1.165) is 60.7 Å². The van der Waals surface area contributed by atoms with Crippen LogP contribution in [0, 0.1) is 0 Å². The molecule has 0 aliphatic carbocycles. The van der Waals surface area contributed by atoms with Gasteiger partial charge in [-0.1, -0.05) is 139 Å². The summed E-state index contributed by atoms with van der Waals surface area (Å²) in [5.41, 5.74) is 8.08. The van der Waals surface area contributed by atoms with Crippen LogP contribution < -0.4 is 4.90 Å². The zero-order valence-electron chi connectivity index (χ0n) is 29.9. The van der Waals surface area contributed by atoms with Gasteiger partial charge < -0.3 is 9.32 Å². The molecule has 0 fully saturated rings. The number of hydrogen-bond acceptors (Lipinski definition) is 2. The Morgan fingerprint density at radius 3 is 1.79 bits per heavy atom. The number of rotatable bonds is 6. The van der Waals surface area contributed by atoms with Crippen LogP contribution in [0.15, 0.2) is 192 Å². The molecule has 0 amide bonds. The molecule has 1 heterocycles. The molecule has 0 saturated heterocycles. The lowest BCUT2D eigenvalue weighted by Crippen LogP contribution is -2.11. The van der Waals surface area contributed by atoms with Crippen LogP contribution in [-0.4, -0.2) is 0 Å². The zero-order chi connectivity index (χ0) is 35.3. The van der Waals surface area contributed by atoms with E-state index in [1.54, 1.807) is 0 Å². The number of nitrogens with zero attached hydrogens (tertiary/aromatic N) is 1. The maximum absolute atomic E-state index is 9.41. The summed E-state index contributed by atoms with van der Waals surface area (Å²) in [6.45, 7) is 0. The van der Waals surface area contributed by atoms with Gasteiger partial charge in [0.05, 0.1) is 11.2 Å². The molecule has 0 bridgehead atoms. The third kappa shape index (κ3) is 4.92. The van der Waals surface area contributed by atoms with Crippen molar-refractivity contribution in [1.29, 1.82) is 0 Å². The minimum atomic E-state index is -0.121. The van der Waals surface area contributed by atoms with Gasteiger partial charge in [0.1, 0.15) is 11.2 Å². The summed E-state index contributed by atoms with van der Waals surface area (Å²) in [6, 6.07) is 53.5. The van der Waals surface area contributed by atoms with Gasteiger partial charge >= 0.3 is 0 Å². The molecule has 0 spiro atoms. The summed E-state index contributed by atoms with van der Waals surface area (Å²) >= 11 is 0. The van der Waals surface area contributed by atoms with Crippen LogP contribution in [0.5, 0.6) is 0 Å². The molecule has 9 aromatic rings. The van der Waals surface area contributed by atoms with Gasteiger partial charge in [0.15, 0.2) is 0 Å². The summed E-state index contributed by atoms with van der Waals surface area (Å²) in [5, 5.41) is 4.15. The molecule has 2 heteroatoms. The van der Waals surface area contributed by atoms with Gasteiger partial charge in [-0.05, 0) is 81.7 Å². The largest absolute Gasteiger partial charge is 0.455 e. The molecule has 9 rings (SSSR count). The number of anilines is 3. The van der Waals surface area contributed by atoms with Gasteiger partial charge in [-0.25, -0.2) is 0 Å². The van der Waals surface area contributed by atoms with E-state index in [1.807, 2.05) is 120 Å². The average molecular weight is 618 g/mol. The molecule has 0 aliphatic rings. The SMILES string of the molecule is [2H]c1c([2H])c(N(c2ccc(-c3ccccc3)cc2)c2ccccc2-c2ccc3ccc4c5ccccc5oc4c3c2)c([2H])c([2H])c1-c1ccccc1. The van der Waals surface area contributed by atoms with Crippen molar-refractivity contribution in [2.45, 2.75) is 0 Å². The van der Waals surface area contributed by atoms with Crippen molar-refractivity contribution >= 4 is 49.8 Å². The highest BCUT2D eigenvalue weighted by Gasteiger charge is 2.19. The average Bonchev–Trinajstić information content (AvgIpc) is 3.59. The maximum atomic E-state index is 9.41. The van der Waals surface area contributed by atoms with Crippen molar-refractivity contribution in [1.82, 2.24) is 0 Å². The van der Waals surface area contributed by atoms with E-state index in [-0.39, 0.29) is 35.4 Å². The highest BCUT2D eigenvalue weighted by molar-refractivity contribution is 6.15. The van der Waals surface area contributed by atoms with Gasteiger partial charge in [0.2, 0.25) is 0 Å². The quantitative estimate of drug-likeness (QED) is 0.185. The van der Waals surface area contributed by atoms with Crippen LogP contribution in [0.2, 0.25) is 0 Å². The highest BCUT2D eigenvalue weighted by Crippen LogP contribution is 2.43. The summed E-state index contributed by atoms with van der Waals surface area (Å²) in [6.07, 6.45) is 0. The lowest BCUT2D eigenvalue weighted by atomic mass is 9.97. The molecule has 0 saturated carbocycles. The Hall–Kier alpha value is -6.38. The first kappa shape index (κ1) is 23.9. The van der Waals surface area contributed by atoms with Crippen molar-refractivity contribution in [3.63, 3.8) is 0 Å². The Labute approximate surface area is 285 Å². The Bertz CT molecular complexity index is 2750.